The number of piperidine rings is 1. The second-order valence-corrected chi connectivity index (χ2v) is 6.03. The Morgan fingerprint density at radius 1 is 1.56 bits per heavy atom. The number of β-amino-alcohol motifs (C(OH)–C–C–N with tert-alkyl or cyclic N) is 1. The molecule has 18 heavy (non-hydrogen) atoms. The van der Waals surface area contributed by atoms with Crippen LogP contribution in [0.4, 0.5) is 0 Å². The summed E-state index contributed by atoms with van der Waals surface area (Å²) in [5, 5.41) is 10.3. The fraction of sp³-hybridized carbons (Fsp3) is 0.462. The van der Waals surface area contributed by atoms with E-state index in [1.807, 2.05) is 6.92 Å². The minimum absolute atomic E-state index is 0.113. The van der Waals surface area contributed by atoms with Crippen molar-refractivity contribution in [3.8, 4) is 0 Å². The second-order valence-electron chi connectivity index (χ2n) is 4.71. The number of carbonyl (C=O) groups is 1. The molecule has 5 heteroatoms. The summed E-state index contributed by atoms with van der Waals surface area (Å²) in [5.41, 5.74) is 0.488. The lowest BCUT2D eigenvalue weighted by Gasteiger charge is -2.34. The predicted molar refractivity (Wildman–Crippen MR) is 74.8 cm³/mol. The zero-order valence-electron chi connectivity index (χ0n) is 10.1. The highest BCUT2D eigenvalue weighted by Crippen LogP contribution is 2.25. The minimum atomic E-state index is -0.447. The normalized spacial score (nSPS) is 24.1. The van der Waals surface area contributed by atoms with E-state index in [4.69, 9.17) is 11.6 Å². The van der Waals surface area contributed by atoms with Gasteiger partial charge in [-0.3, -0.25) is 4.79 Å². The number of aliphatic hydroxyl groups is 1. The molecule has 0 radical (unpaired) electrons. The third kappa shape index (κ3) is 2.87. The van der Waals surface area contributed by atoms with E-state index in [9.17, 15) is 9.90 Å². The van der Waals surface area contributed by atoms with Gasteiger partial charge in [0.05, 0.1) is 16.7 Å². The van der Waals surface area contributed by atoms with Crippen LogP contribution in [0, 0.1) is 5.92 Å². The van der Waals surface area contributed by atoms with E-state index in [1.165, 1.54) is 0 Å². The quantitative estimate of drug-likeness (QED) is 0.859. The average molecular weight is 333 g/mol. The van der Waals surface area contributed by atoms with E-state index in [1.54, 1.807) is 23.1 Å². The summed E-state index contributed by atoms with van der Waals surface area (Å²) in [5.74, 6) is 0.132. The summed E-state index contributed by atoms with van der Waals surface area (Å²) in [7, 11) is 0. The number of halogens is 2. The van der Waals surface area contributed by atoms with Crippen molar-refractivity contribution in [2.45, 2.75) is 19.4 Å². The van der Waals surface area contributed by atoms with E-state index >= 15 is 0 Å². The van der Waals surface area contributed by atoms with Crippen molar-refractivity contribution in [2.24, 2.45) is 5.92 Å². The van der Waals surface area contributed by atoms with Crippen molar-refractivity contribution >= 4 is 33.4 Å². The molecule has 1 aliphatic rings. The molecule has 2 rings (SSSR count). The highest BCUT2D eigenvalue weighted by atomic mass is 79.9. The molecule has 0 aliphatic carbocycles. The molecule has 1 N–H and O–H groups in total. The van der Waals surface area contributed by atoms with E-state index in [0.29, 0.717) is 23.7 Å². The van der Waals surface area contributed by atoms with Crippen molar-refractivity contribution in [1.29, 1.82) is 0 Å². The molecule has 1 fully saturated rings. The van der Waals surface area contributed by atoms with Crippen molar-refractivity contribution in [1.82, 2.24) is 4.90 Å². The molecule has 1 heterocycles. The van der Waals surface area contributed by atoms with Crippen LogP contribution in [-0.2, 0) is 0 Å². The van der Waals surface area contributed by atoms with Gasteiger partial charge < -0.3 is 10.0 Å². The Bertz CT molecular complexity index is 466. The van der Waals surface area contributed by atoms with E-state index in [0.717, 1.165) is 10.9 Å². The number of rotatable bonds is 1. The topological polar surface area (TPSA) is 40.5 Å². The molecule has 1 aromatic carbocycles. The first kappa shape index (κ1) is 13.8. The molecule has 3 nitrogen and oxygen atoms in total. The lowest BCUT2D eigenvalue weighted by atomic mass is 9.95. The number of carbonyl (C=O) groups excluding carboxylic acids is 1. The Kier molecular flexibility index (Phi) is 4.30. The first-order chi connectivity index (χ1) is 8.49. The standard InChI is InChI=1S/C13H15BrClNO2/c1-8-4-5-16(7-12(8)17)13(18)10-3-2-9(14)6-11(10)15/h2-3,6,8,12,17H,4-5,7H2,1H3. The Morgan fingerprint density at radius 2 is 2.28 bits per heavy atom. The van der Waals surface area contributed by atoms with Crippen LogP contribution in [-0.4, -0.2) is 35.1 Å². The lowest BCUT2D eigenvalue weighted by Crippen LogP contribution is -2.45. The summed E-state index contributed by atoms with van der Waals surface area (Å²) < 4.78 is 0.844. The zero-order valence-corrected chi connectivity index (χ0v) is 12.4. The monoisotopic (exact) mass is 331 g/mol. The number of nitrogens with zero attached hydrogens (tertiary/aromatic N) is 1. The van der Waals surface area contributed by atoms with Crippen LogP contribution in [0.5, 0.6) is 0 Å². The Hall–Kier alpha value is -0.580. The molecule has 0 bridgehead atoms. The number of benzene rings is 1. The van der Waals surface area contributed by atoms with E-state index in [-0.39, 0.29) is 11.8 Å². The van der Waals surface area contributed by atoms with Gasteiger partial charge in [0, 0.05) is 17.6 Å². The molecule has 0 saturated carbocycles. The van der Waals surface area contributed by atoms with Gasteiger partial charge in [0.25, 0.3) is 5.91 Å². The summed E-state index contributed by atoms with van der Waals surface area (Å²) >= 11 is 9.38. The molecule has 1 aliphatic heterocycles. The molecular weight excluding hydrogens is 318 g/mol. The molecule has 1 saturated heterocycles. The molecular formula is C13H15BrClNO2. The van der Waals surface area contributed by atoms with Crippen LogP contribution >= 0.6 is 27.5 Å². The largest absolute Gasteiger partial charge is 0.391 e. The minimum Gasteiger partial charge on any atom is -0.391 e. The number of aliphatic hydroxyl groups excluding tert-OH is 1. The van der Waals surface area contributed by atoms with Crippen LogP contribution in [0.3, 0.4) is 0 Å². The van der Waals surface area contributed by atoms with Gasteiger partial charge in [0.2, 0.25) is 0 Å². The third-order valence-electron chi connectivity index (χ3n) is 3.37. The zero-order chi connectivity index (χ0) is 13.3. The summed E-state index contributed by atoms with van der Waals surface area (Å²) in [6.07, 6.45) is 0.373. The molecule has 2 atom stereocenters. The van der Waals surface area contributed by atoms with Crippen LogP contribution < -0.4 is 0 Å². The fourth-order valence-corrected chi connectivity index (χ4v) is 2.82. The smallest absolute Gasteiger partial charge is 0.255 e. The van der Waals surface area contributed by atoms with Crippen LogP contribution in [0.15, 0.2) is 22.7 Å². The number of hydrogen-bond donors (Lipinski definition) is 1. The van der Waals surface area contributed by atoms with Gasteiger partial charge >= 0.3 is 0 Å². The first-order valence-corrected chi connectivity index (χ1v) is 7.08. The first-order valence-electron chi connectivity index (χ1n) is 5.91. The van der Waals surface area contributed by atoms with Crippen molar-refractivity contribution in [3.05, 3.63) is 33.3 Å². The lowest BCUT2D eigenvalue weighted by molar-refractivity contribution is 0.0249. The van der Waals surface area contributed by atoms with Crippen molar-refractivity contribution < 1.29 is 9.90 Å². The molecule has 0 aromatic heterocycles. The molecule has 1 amide bonds. The average Bonchev–Trinajstić information content (AvgIpc) is 2.32. The SMILES string of the molecule is CC1CCN(C(=O)c2ccc(Br)cc2Cl)CC1O. The van der Waals surface area contributed by atoms with E-state index in [2.05, 4.69) is 15.9 Å². The molecule has 98 valence electrons. The Labute approximate surface area is 120 Å². The van der Waals surface area contributed by atoms with Gasteiger partial charge in [-0.05, 0) is 30.5 Å². The van der Waals surface area contributed by atoms with Gasteiger partial charge in [-0.2, -0.15) is 0 Å². The highest BCUT2D eigenvalue weighted by molar-refractivity contribution is 9.10. The van der Waals surface area contributed by atoms with Gasteiger partial charge in [0.15, 0.2) is 0 Å². The van der Waals surface area contributed by atoms with Gasteiger partial charge in [-0.25, -0.2) is 0 Å². The highest BCUT2D eigenvalue weighted by Gasteiger charge is 2.28. The number of amides is 1. The molecule has 0 spiro atoms. The Morgan fingerprint density at radius 3 is 2.89 bits per heavy atom. The molecule has 2 unspecified atom stereocenters. The van der Waals surface area contributed by atoms with E-state index < -0.39 is 6.10 Å². The maximum absolute atomic E-state index is 12.3. The maximum Gasteiger partial charge on any atom is 0.255 e. The third-order valence-corrected chi connectivity index (χ3v) is 4.17. The summed E-state index contributed by atoms with van der Waals surface area (Å²) in [6.45, 7) is 3.05. The van der Waals surface area contributed by atoms with Crippen molar-refractivity contribution in [2.75, 3.05) is 13.1 Å². The fourth-order valence-electron chi connectivity index (χ4n) is 2.07. The molecule has 1 aromatic rings. The van der Waals surface area contributed by atoms with Gasteiger partial charge in [0.1, 0.15) is 0 Å². The van der Waals surface area contributed by atoms with Gasteiger partial charge in [-0.15, -0.1) is 0 Å². The summed E-state index contributed by atoms with van der Waals surface area (Å²) in [4.78, 5) is 14.0. The van der Waals surface area contributed by atoms with Crippen molar-refractivity contribution in [3.63, 3.8) is 0 Å². The summed E-state index contributed by atoms with van der Waals surface area (Å²) in [6, 6.07) is 5.21. The van der Waals surface area contributed by atoms with Crippen LogP contribution in [0.1, 0.15) is 23.7 Å². The number of hydrogen-bond acceptors (Lipinski definition) is 2. The number of likely N-dealkylation sites (tertiary alicyclic amines) is 1. The van der Waals surface area contributed by atoms with Crippen LogP contribution in [0.25, 0.3) is 0 Å². The van der Waals surface area contributed by atoms with Crippen LogP contribution in [0.2, 0.25) is 5.02 Å². The predicted octanol–water partition coefficient (Wildman–Crippen LogP) is 2.95. The maximum atomic E-state index is 12.3. The second kappa shape index (κ2) is 5.59. The Balaban J connectivity index is 2.16. The van der Waals surface area contributed by atoms with Gasteiger partial charge in [-0.1, -0.05) is 34.5 Å².